The van der Waals surface area contributed by atoms with E-state index in [0.717, 1.165) is 44.4 Å². The van der Waals surface area contributed by atoms with Gasteiger partial charge >= 0.3 is 0 Å². The molecule has 0 saturated heterocycles. The van der Waals surface area contributed by atoms with E-state index in [1.54, 1.807) is 0 Å². The summed E-state index contributed by atoms with van der Waals surface area (Å²) in [6, 6.07) is 67.7. The minimum absolute atomic E-state index is 0. The van der Waals surface area contributed by atoms with Crippen molar-refractivity contribution in [3.8, 4) is 44.5 Å². The van der Waals surface area contributed by atoms with Crippen molar-refractivity contribution >= 4 is 77.2 Å². The van der Waals surface area contributed by atoms with Crippen LogP contribution in [-0.4, -0.2) is 8.75 Å². The molecule has 286 valence electrons. The van der Waals surface area contributed by atoms with E-state index >= 15 is 0 Å². The Balaban J connectivity index is 0.000000159. The lowest BCUT2D eigenvalue weighted by molar-refractivity contribution is 1.60. The molecule has 11 rings (SSSR count). The SMILES string of the molecule is C.C.Nc1c(-c2cccc3ccccc23)ccc(-c2cccc3ccccc23)c1N.c1ccc2c(-c3ccc(-c4cccc5ccccc45)c4nsnc34)cccc2c1. The first-order chi connectivity index (χ1) is 28.1. The standard InChI is InChI=1S/C26H16N2S.C26H20N2.2CH4/c1-3-11-19-17(7-1)9-5-13-21(19)23-15-16-24(26-25(23)27-29-28-26)22-14-6-10-18-8-2-4-12-20(18)22;27-25-23(21-13-5-9-17-7-1-3-11-19(17)21)15-16-24(26(25)28)22-14-6-10-18-8-2-4-12-20(18)22;;/h1-16H;1-16H,27-28H2;2*1H4. The van der Waals surface area contributed by atoms with E-state index in [0.29, 0.717) is 11.4 Å². The van der Waals surface area contributed by atoms with Crippen molar-refractivity contribution in [1.29, 1.82) is 0 Å². The van der Waals surface area contributed by atoms with Gasteiger partial charge in [-0.3, -0.25) is 0 Å². The van der Waals surface area contributed by atoms with E-state index in [1.165, 1.54) is 65.9 Å². The number of nitrogens with two attached hydrogens (primary N) is 2. The normalized spacial score (nSPS) is 10.9. The predicted molar refractivity (Wildman–Crippen MR) is 258 cm³/mol. The van der Waals surface area contributed by atoms with Gasteiger partial charge in [0.1, 0.15) is 11.0 Å². The maximum atomic E-state index is 6.56. The molecule has 0 saturated carbocycles. The van der Waals surface area contributed by atoms with Crippen LogP contribution in [0.1, 0.15) is 14.9 Å². The Hall–Kier alpha value is -7.34. The molecule has 10 aromatic carbocycles. The molecule has 5 heteroatoms. The van der Waals surface area contributed by atoms with Crippen molar-refractivity contribution in [2.75, 3.05) is 11.5 Å². The highest BCUT2D eigenvalue weighted by atomic mass is 32.1. The molecule has 0 radical (unpaired) electrons. The zero-order chi connectivity index (χ0) is 38.3. The van der Waals surface area contributed by atoms with Gasteiger partial charge in [0, 0.05) is 22.3 Å². The number of fused-ring (bicyclic) bond motifs is 5. The second-order valence-electron chi connectivity index (χ2n) is 14.2. The number of benzene rings is 10. The van der Waals surface area contributed by atoms with Gasteiger partial charge < -0.3 is 11.5 Å². The van der Waals surface area contributed by atoms with Crippen molar-refractivity contribution in [1.82, 2.24) is 8.75 Å². The van der Waals surface area contributed by atoms with Crippen molar-refractivity contribution in [2.24, 2.45) is 0 Å². The van der Waals surface area contributed by atoms with Gasteiger partial charge in [0.25, 0.3) is 0 Å². The third kappa shape index (κ3) is 6.82. The van der Waals surface area contributed by atoms with Crippen molar-refractivity contribution in [2.45, 2.75) is 14.9 Å². The Morgan fingerprint density at radius 2 is 0.525 bits per heavy atom. The molecule has 0 amide bonds. The zero-order valence-electron chi connectivity index (χ0n) is 30.9. The lowest BCUT2D eigenvalue weighted by atomic mass is 9.91. The number of hydrogen-bond acceptors (Lipinski definition) is 5. The van der Waals surface area contributed by atoms with Crippen LogP contribution in [0.25, 0.3) is 98.6 Å². The first-order valence-corrected chi connectivity index (χ1v) is 19.7. The van der Waals surface area contributed by atoms with Crippen LogP contribution in [0, 0.1) is 0 Å². The Bertz CT molecular complexity index is 3050. The fraction of sp³-hybridized carbons (Fsp3) is 0.0370. The second-order valence-corrected chi connectivity index (χ2v) is 14.7. The molecular weight excluding hydrogens is 737 g/mol. The molecular formula is C54H44N4S. The fourth-order valence-electron chi connectivity index (χ4n) is 8.25. The molecule has 11 aromatic rings. The molecule has 0 aliphatic carbocycles. The first-order valence-electron chi connectivity index (χ1n) is 19.0. The lowest BCUT2D eigenvalue weighted by Gasteiger charge is -2.16. The number of hydrogen-bond donors (Lipinski definition) is 2. The first kappa shape index (κ1) is 38.5. The molecule has 1 aromatic heterocycles. The van der Waals surface area contributed by atoms with Gasteiger partial charge in [-0.1, -0.05) is 209 Å². The number of nitrogen functional groups attached to an aromatic ring is 2. The van der Waals surface area contributed by atoms with Crippen LogP contribution >= 0.6 is 11.7 Å². The van der Waals surface area contributed by atoms with Crippen molar-refractivity contribution < 1.29 is 0 Å². The molecule has 1 heterocycles. The minimum atomic E-state index is 0. The van der Waals surface area contributed by atoms with Crippen LogP contribution in [0.5, 0.6) is 0 Å². The van der Waals surface area contributed by atoms with Gasteiger partial charge in [0.05, 0.1) is 23.1 Å². The summed E-state index contributed by atoms with van der Waals surface area (Å²) in [5, 5.41) is 9.68. The molecule has 0 aliphatic rings. The number of aromatic nitrogens is 2. The van der Waals surface area contributed by atoms with Gasteiger partial charge in [-0.25, -0.2) is 0 Å². The topological polar surface area (TPSA) is 77.8 Å². The monoisotopic (exact) mass is 780 g/mol. The summed E-state index contributed by atoms with van der Waals surface area (Å²) in [6.07, 6.45) is 0. The van der Waals surface area contributed by atoms with E-state index in [-0.39, 0.29) is 14.9 Å². The molecule has 0 bridgehead atoms. The molecule has 4 nitrogen and oxygen atoms in total. The summed E-state index contributed by atoms with van der Waals surface area (Å²) in [4.78, 5) is 0. The summed E-state index contributed by atoms with van der Waals surface area (Å²) in [6.45, 7) is 0. The third-order valence-corrected chi connectivity index (χ3v) is 11.6. The number of anilines is 2. The van der Waals surface area contributed by atoms with Gasteiger partial charge in [-0.2, -0.15) is 8.75 Å². The molecule has 0 fully saturated rings. The number of nitrogens with zero attached hydrogens (tertiary/aromatic N) is 2. The molecule has 4 N–H and O–H groups in total. The summed E-state index contributed by atoms with van der Waals surface area (Å²) >= 11 is 1.28. The highest BCUT2D eigenvalue weighted by Crippen LogP contribution is 2.42. The van der Waals surface area contributed by atoms with E-state index in [2.05, 4.69) is 182 Å². The highest BCUT2D eigenvalue weighted by molar-refractivity contribution is 7.00. The van der Waals surface area contributed by atoms with E-state index in [4.69, 9.17) is 20.2 Å². The van der Waals surface area contributed by atoms with Crippen LogP contribution < -0.4 is 11.5 Å². The van der Waals surface area contributed by atoms with E-state index in [1.807, 2.05) is 12.1 Å². The van der Waals surface area contributed by atoms with Gasteiger partial charge in [-0.15, -0.1) is 0 Å². The molecule has 59 heavy (non-hydrogen) atoms. The zero-order valence-corrected chi connectivity index (χ0v) is 31.7. The third-order valence-electron chi connectivity index (χ3n) is 11.0. The van der Waals surface area contributed by atoms with Crippen LogP contribution in [0.3, 0.4) is 0 Å². The summed E-state index contributed by atoms with van der Waals surface area (Å²) in [5.41, 5.74) is 25.1. The Labute approximate surface area is 349 Å². The smallest absolute Gasteiger partial charge is 0.113 e. The van der Waals surface area contributed by atoms with Crippen LogP contribution in [0.2, 0.25) is 0 Å². The van der Waals surface area contributed by atoms with E-state index < -0.39 is 0 Å². The molecule has 0 atom stereocenters. The minimum Gasteiger partial charge on any atom is -0.397 e. The average molecular weight is 781 g/mol. The Kier molecular flexibility index (Phi) is 10.6. The maximum absolute atomic E-state index is 6.56. The molecule has 0 aliphatic heterocycles. The van der Waals surface area contributed by atoms with Crippen LogP contribution in [0.4, 0.5) is 11.4 Å². The molecule has 0 spiro atoms. The summed E-state index contributed by atoms with van der Waals surface area (Å²) in [7, 11) is 0. The Morgan fingerprint density at radius 1 is 0.271 bits per heavy atom. The lowest BCUT2D eigenvalue weighted by Crippen LogP contribution is -2.00. The highest BCUT2D eigenvalue weighted by Gasteiger charge is 2.17. The number of rotatable bonds is 4. The molecule has 0 unspecified atom stereocenters. The largest absolute Gasteiger partial charge is 0.397 e. The van der Waals surface area contributed by atoms with E-state index in [9.17, 15) is 0 Å². The quantitative estimate of drug-likeness (QED) is 0.174. The second kappa shape index (κ2) is 16.3. The van der Waals surface area contributed by atoms with Crippen LogP contribution in [0.15, 0.2) is 194 Å². The average Bonchev–Trinajstić information content (AvgIpc) is 3.77. The summed E-state index contributed by atoms with van der Waals surface area (Å²) in [5.74, 6) is 0. The van der Waals surface area contributed by atoms with Crippen molar-refractivity contribution in [3.63, 3.8) is 0 Å². The maximum Gasteiger partial charge on any atom is 0.113 e. The van der Waals surface area contributed by atoms with Crippen molar-refractivity contribution in [3.05, 3.63) is 194 Å². The summed E-state index contributed by atoms with van der Waals surface area (Å²) < 4.78 is 9.40. The fourth-order valence-corrected chi connectivity index (χ4v) is 8.82. The van der Waals surface area contributed by atoms with Crippen LogP contribution in [-0.2, 0) is 0 Å². The van der Waals surface area contributed by atoms with Gasteiger partial charge in [0.2, 0.25) is 0 Å². The van der Waals surface area contributed by atoms with Gasteiger partial charge in [-0.05, 0) is 65.3 Å². The van der Waals surface area contributed by atoms with Gasteiger partial charge in [0.15, 0.2) is 0 Å². The Morgan fingerprint density at radius 3 is 0.847 bits per heavy atom. The predicted octanol–water partition coefficient (Wildman–Crippen LogP) is 15.1.